The second kappa shape index (κ2) is 6.22. The molecule has 1 aromatic carbocycles. The quantitative estimate of drug-likeness (QED) is 0.870. The largest absolute Gasteiger partial charge is 0.481 e. The van der Waals surface area contributed by atoms with Crippen LogP contribution in [-0.2, 0) is 10.5 Å². The average Bonchev–Trinajstić information content (AvgIpc) is 3.02. The van der Waals surface area contributed by atoms with Crippen molar-refractivity contribution in [1.82, 2.24) is 9.78 Å². The van der Waals surface area contributed by atoms with Crippen molar-refractivity contribution in [3.05, 3.63) is 35.5 Å². The highest BCUT2D eigenvalue weighted by Crippen LogP contribution is 2.45. The Morgan fingerprint density at radius 3 is 2.76 bits per heavy atom. The number of fused-ring (bicyclic) bond motifs is 3. The topological polar surface area (TPSA) is 92.4 Å². The molecule has 2 heterocycles. The highest BCUT2D eigenvalue weighted by Gasteiger charge is 2.34. The monoisotopic (exact) mass is 358 g/mol. The normalized spacial score (nSPS) is 22.1. The Kier molecular flexibility index (Phi) is 4.03. The van der Waals surface area contributed by atoms with E-state index in [1.54, 1.807) is 16.4 Å². The lowest BCUT2D eigenvalue weighted by atomic mass is 9.85. The van der Waals surface area contributed by atoms with Crippen LogP contribution >= 0.6 is 11.8 Å². The fourth-order valence-electron chi connectivity index (χ4n) is 3.88. The molecule has 0 saturated heterocycles. The second-order valence-corrected chi connectivity index (χ2v) is 7.58. The van der Waals surface area contributed by atoms with Gasteiger partial charge in [0, 0.05) is 21.8 Å². The number of rotatable bonds is 3. The molecule has 0 spiro atoms. The molecular formula is C18H18N2O4S. The van der Waals surface area contributed by atoms with E-state index < -0.39 is 11.9 Å². The third-order valence-electron chi connectivity index (χ3n) is 5.07. The predicted octanol–water partition coefficient (Wildman–Crippen LogP) is 3.67. The van der Waals surface area contributed by atoms with E-state index in [4.69, 9.17) is 0 Å². The van der Waals surface area contributed by atoms with E-state index in [0.29, 0.717) is 18.6 Å². The molecule has 2 N–H and O–H groups in total. The Labute approximate surface area is 148 Å². The van der Waals surface area contributed by atoms with Gasteiger partial charge in [-0.15, -0.1) is 11.8 Å². The van der Waals surface area contributed by atoms with Crippen molar-refractivity contribution in [2.75, 3.05) is 0 Å². The fraction of sp³-hybridized carbons (Fsp3) is 0.389. The molecule has 2 aliphatic rings. The molecule has 130 valence electrons. The van der Waals surface area contributed by atoms with E-state index in [-0.39, 0.29) is 17.7 Å². The summed E-state index contributed by atoms with van der Waals surface area (Å²) in [5.41, 5.74) is 2.68. The van der Waals surface area contributed by atoms with Gasteiger partial charge in [-0.1, -0.05) is 24.6 Å². The Hall–Kier alpha value is -2.28. The zero-order chi connectivity index (χ0) is 17.6. The van der Waals surface area contributed by atoms with Crippen LogP contribution in [-0.4, -0.2) is 31.9 Å². The van der Waals surface area contributed by atoms with Crippen molar-refractivity contribution in [1.29, 1.82) is 0 Å². The number of aromatic carboxylic acids is 1. The van der Waals surface area contributed by atoms with Gasteiger partial charge < -0.3 is 10.2 Å². The van der Waals surface area contributed by atoms with Crippen molar-refractivity contribution in [2.24, 2.45) is 5.92 Å². The highest BCUT2D eigenvalue weighted by molar-refractivity contribution is 7.98. The van der Waals surface area contributed by atoms with Crippen LogP contribution in [0, 0.1) is 5.92 Å². The molecule has 1 aromatic heterocycles. The van der Waals surface area contributed by atoms with Crippen LogP contribution in [0.25, 0.3) is 11.3 Å². The third kappa shape index (κ3) is 2.72. The molecule has 0 amide bonds. The molecule has 2 atom stereocenters. The minimum Gasteiger partial charge on any atom is -0.481 e. The lowest BCUT2D eigenvalue weighted by Gasteiger charge is -2.29. The summed E-state index contributed by atoms with van der Waals surface area (Å²) in [6.07, 6.45) is 2.81. The van der Waals surface area contributed by atoms with E-state index in [1.807, 2.05) is 24.3 Å². The molecule has 0 radical (unpaired) electrons. The first-order valence-electron chi connectivity index (χ1n) is 8.36. The van der Waals surface area contributed by atoms with Crippen LogP contribution < -0.4 is 0 Å². The van der Waals surface area contributed by atoms with Crippen LogP contribution in [0.3, 0.4) is 0 Å². The van der Waals surface area contributed by atoms with Gasteiger partial charge in [0.25, 0.3) is 0 Å². The summed E-state index contributed by atoms with van der Waals surface area (Å²) in [6.45, 7) is 0. The summed E-state index contributed by atoms with van der Waals surface area (Å²) in [5.74, 6) is -1.62. The molecule has 25 heavy (non-hydrogen) atoms. The standard InChI is InChI=1S/C18H18N2O4S/c21-17(22)10-4-3-5-11(8-10)20-16-12-6-1-2-7-14(12)25-9-13(16)15(19-20)18(23)24/h1-2,6-7,10-11H,3-5,8-9H2,(H,21,22)(H,23,24). The summed E-state index contributed by atoms with van der Waals surface area (Å²) < 4.78 is 1.80. The highest BCUT2D eigenvalue weighted by atomic mass is 32.2. The van der Waals surface area contributed by atoms with Gasteiger partial charge in [-0.25, -0.2) is 4.79 Å². The van der Waals surface area contributed by atoms with Gasteiger partial charge in [0.2, 0.25) is 0 Å². The van der Waals surface area contributed by atoms with Crippen molar-refractivity contribution in [3.63, 3.8) is 0 Å². The van der Waals surface area contributed by atoms with Gasteiger partial charge in [0.1, 0.15) is 0 Å². The van der Waals surface area contributed by atoms with Crippen molar-refractivity contribution >= 4 is 23.7 Å². The molecule has 1 fully saturated rings. The van der Waals surface area contributed by atoms with Crippen LogP contribution in [0.1, 0.15) is 47.8 Å². The summed E-state index contributed by atoms with van der Waals surface area (Å²) in [7, 11) is 0. The fourth-order valence-corrected chi connectivity index (χ4v) is 4.94. The number of nitrogens with zero attached hydrogens (tertiary/aromatic N) is 2. The van der Waals surface area contributed by atoms with Crippen LogP contribution in [0.2, 0.25) is 0 Å². The lowest BCUT2D eigenvalue weighted by molar-refractivity contribution is -0.143. The Balaban J connectivity index is 1.84. The molecule has 4 rings (SSSR count). The Morgan fingerprint density at radius 1 is 1.20 bits per heavy atom. The van der Waals surface area contributed by atoms with E-state index in [9.17, 15) is 19.8 Å². The van der Waals surface area contributed by atoms with Crippen LogP contribution in [0.5, 0.6) is 0 Å². The lowest BCUT2D eigenvalue weighted by Crippen LogP contribution is -2.26. The maximum atomic E-state index is 11.7. The first-order valence-corrected chi connectivity index (χ1v) is 9.34. The zero-order valence-electron chi connectivity index (χ0n) is 13.5. The number of aliphatic carboxylic acids is 1. The SMILES string of the molecule is O=C(O)c1nn(C2CCCC(C(=O)O)C2)c2c1CSc1ccccc1-2. The van der Waals surface area contributed by atoms with Crippen molar-refractivity contribution in [3.8, 4) is 11.3 Å². The first kappa shape index (κ1) is 16.2. The van der Waals surface area contributed by atoms with E-state index >= 15 is 0 Å². The van der Waals surface area contributed by atoms with Gasteiger partial charge in [0.15, 0.2) is 5.69 Å². The molecule has 2 aromatic rings. The number of carboxylic acid groups (broad SMARTS) is 2. The predicted molar refractivity (Wildman–Crippen MR) is 92.8 cm³/mol. The van der Waals surface area contributed by atoms with Gasteiger partial charge in [-0.3, -0.25) is 9.48 Å². The molecular weight excluding hydrogens is 340 g/mol. The van der Waals surface area contributed by atoms with E-state index in [2.05, 4.69) is 5.10 Å². The van der Waals surface area contributed by atoms with Crippen LogP contribution in [0.4, 0.5) is 0 Å². The maximum Gasteiger partial charge on any atom is 0.356 e. The minimum atomic E-state index is -1.03. The molecule has 6 nitrogen and oxygen atoms in total. The van der Waals surface area contributed by atoms with E-state index in [0.717, 1.165) is 34.6 Å². The number of carbonyl (C=O) groups is 2. The minimum absolute atomic E-state index is 0.0761. The molecule has 0 bridgehead atoms. The second-order valence-electron chi connectivity index (χ2n) is 6.57. The summed E-state index contributed by atoms with van der Waals surface area (Å²) in [5, 5.41) is 23.3. The summed E-state index contributed by atoms with van der Waals surface area (Å²) in [6, 6.07) is 7.85. The third-order valence-corrected chi connectivity index (χ3v) is 6.17. The zero-order valence-corrected chi connectivity index (χ0v) is 14.3. The van der Waals surface area contributed by atoms with Crippen molar-refractivity contribution in [2.45, 2.75) is 42.4 Å². The van der Waals surface area contributed by atoms with Gasteiger partial charge in [-0.2, -0.15) is 5.10 Å². The average molecular weight is 358 g/mol. The Morgan fingerprint density at radius 2 is 2.00 bits per heavy atom. The Bertz CT molecular complexity index is 861. The van der Waals surface area contributed by atoms with Gasteiger partial charge >= 0.3 is 11.9 Å². The molecule has 1 saturated carbocycles. The molecule has 2 unspecified atom stereocenters. The number of hydrogen-bond acceptors (Lipinski definition) is 4. The summed E-state index contributed by atoms with van der Waals surface area (Å²) in [4.78, 5) is 24.2. The molecule has 7 heteroatoms. The van der Waals surface area contributed by atoms with Crippen molar-refractivity contribution < 1.29 is 19.8 Å². The summed E-state index contributed by atoms with van der Waals surface area (Å²) >= 11 is 1.62. The smallest absolute Gasteiger partial charge is 0.356 e. The van der Waals surface area contributed by atoms with Gasteiger partial charge in [-0.05, 0) is 25.3 Å². The number of thioether (sulfide) groups is 1. The molecule has 1 aliphatic heterocycles. The van der Waals surface area contributed by atoms with E-state index in [1.165, 1.54) is 0 Å². The number of aromatic nitrogens is 2. The van der Waals surface area contributed by atoms with Crippen LogP contribution in [0.15, 0.2) is 29.2 Å². The molecule has 1 aliphatic carbocycles. The number of carboxylic acids is 2. The number of benzene rings is 1. The van der Waals surface area contributed by atoms with Gasteiger partial charge in [0.05, 0.1) is 17.7 Å². The first-order chi connectivity index (χ1) is 12.1. The maximum absolute atomic E-state index is 11.7. The number of hydrogen-bond donors (Lipinski definition) is 2.